The molecular formula is C43H73NO6Si. The maximum atomic E-state index is 12.6. The molecule has 2 aliphatic heterocycles. The molecule has 2 heterocycles. The highest BCUT2D eigenvalue weighted by Crippen LogP contribution is 2.89. The molecule has 290 valence electrons. The number of rotatable bonds is 10. The standard InChI is InChI=1S/C43H73NO6Si/c1-12-51(13-2,14-3)50-37-36-34(28(6)25-29(47-36)35(27(4)5)49-38(45)44-11)40(9)22-23-43-26-42(43)21-20-32(48-33-17-15-16-24-46-33)39(7,8)30(42)18-19-31(43)41(37,40)10/h28-37H,4,12-26H2,1-3,5-11H3,(H,44,45)/t28-,29-,30+,31+,32?,33+,34+,35-,36+,37+,40-,41-,42?,43+/m1/s1. The van der Waals surface area contributed by atoms with Crippen molar-refractivity contribution in [3.05, 3.63) is 12.2 Å². The zero-order chi connectivity index (χ0) is 36.8. The summed E-state index contributed by atoms with van der Waals surface area (Å²) in [6, 6.07) is 3.40. The average molecular weight is 728 g/mol. The van der Waals surface area contributed by atoms with Crippen LogP contribution in [-0.2, 0) is 23.4 Å². The van der Waals surface area contributed by atoms with Crippen molar-refractivity contribution in [1.82, 2.24) is 5.32 Å². The van der Waals surface area contributed by atoms with E-state index in [1.165, 1.54) is 44.9 Å². The number of fused-ring (bicyclic) bond motifs is 4. The van der Waals surface area contributed by atoms with E-state index in [1.807, 2.05) is 6.92 Å². The first kappa shape index (κ1) is 38.3. The van der Waals surface area contributed by atoms with E-state index in [9.17, 15) is 4.79 Å². The van der Waals surface area contributed by atoms with Crippen LogP contribution in [0.25, 0.3) is 0 Å². The molecule has 0 aromatic heterocycles. The molecule has 1 amide bonds. The van der Waals surface area contributed by atoms with Gasteiger partial charge in [0.2, 0.25) is 0 Å². The Morgan fingerprint density at radius 3 is 2.27 bits per heavy atom. The number of carbonyl (C=O) groups is 1. The van der Waals surface area contributed by atoms with Crippen molar-refractivity contribution in [2.24, 2.45) is 50.7 Å². The molecule has 2 spiro atoms. The Labute approximate surface area is 311 Å². The van der Waals surface area contributed by atoms with Gasteiger partial charge in [0.05, 0.1) is 24.4 Å². The Hall–Kier alpha value is -0.933. The number of hydrogen-bond acceptors (Lipinski definition) is 6. The van der Waals surface area contributed by atoms with Gasteiger partial charge < -0.3 is 28.7 Å². The van der Waals surface area contributed by atoms with Crippen LogP contribution in [0.15, 0.2) is 12.2 Å². The molecule has 8 heteroatoms. The zero-order valence-corrected chi connectivity index (χ0v) is 35.0. The van der Waals surface area contributed by atoms with Crippen molar-refractivity contribution in [1.29, 1.82) is 0 Å². The highest BCUT2D eigenvalue weighted by Gasteiger charge is 2.85. The fraction of sp³-hybridized carbons (Fsp3) is 0.930. The molecule has 1 N–H and O–H groups in total. The lowest BCUT2D eigenvalue weighted by atomic mass is 9.41. The van der Waals surface area contributed by atoms with E-state index in [0.717, 1.165) is 56.0 Å². The average Bonchev–Trinajstić information content (AvgIpc) is 3.74. The Balaban J connectivity index is 1.25. The van der Waals surface area contributed by atoms with Crippen LogP contribution >= 0.6 is 0 Å². The van der Waals surface area contributed by atoms with E-state index in [2.05, 4.69) is 67.3 Å². The highest BCUT2D eigenvalue weighted by atomic mass is 28.4. The van der Waals surface area contributed by atoms with Crippen molar-refractivity contribution < 1.29 is 28.2 Å². The molecule has 0 radical (unpaired) electrons. The molecule has 7 fully saturated rings. The summed E-state index contributed by atoms with van der Waals surface area (Å²) in [6.07, 6.45) is 12.4. The van der Waals surface area contributed by atoms with Crippen molar-refractivity contribution in [3.63, 3.8) is 0 Å². The van der Waals surface area contributed by atoms with Gasteiger partial charge in [-0.2, -0.15) is 0 Å². The maximum Gasteiger partial charge on any atom is 0.407 e. The molecule has 2 saturated heterocycles. The van der Waals surface area contributed by atoms with Gasteiger partial charge in [-0.15, -0.1) is 0 Å². The molecule has 51 heavy (non-hydrogen) atoms. The van der Waals surface area contributed by atoms with E-state index in [-0.39, 0.29) is 47.0 Å². The molecule has 7 aliphatic rings. The summed E-state index contributed by atoms with van der Waals surface area (Å²) < 4.78 is 34.3. The van der Waals surface area contributed by atoms with E-state index < -0.39 is 20.5 Å². The number of hydrogen-bond donors (Lipinski definition) is 1. The number of carbonyl (C=O) groups excluding carboxylic acids is 1. The van der Waals surface area contributed by atoms with Crippen LogP contribution in [0.2, 0.25) is 18.1 Å². The van der Waals surface area contributed by atoms with Crippen molar-refractivity contribution in [3.8, 4) is 0 Å². The third-order valence-corrected chi connectivity index (χ3v) is 22.4. The second kappa shape index (κ2) is 13.4. The van der Waals surface area contributed by atoms with Crippen molar-refractivity contribution in [2.75, 3.05) is 13.7 Å². The Bertz CT molecular complexity index is 1320. The van der Waals surface area contributed by atoms with E-state index >= 15 is 0 Å². The van der Waals surface area contributed by atoms with E-state index in [0.29, 0.717) is 34.5 Å². The topological polar surface area (TPSA) is 75.3 Å². The van der Waals surface area contributed by atoms with Crippen LogP contribution in [0.4, 0.5) is 4.79 Å². The van der Waals surface area contributed by atoms with Crippen molar-refractivity contribution >= 4 is 14.4 Å². The van der Waals surface area contributed by atoms with Gasteiger partial charge in [-0.1, -0.05) is 62.0 Å². The molecule has 0 aromatic rings. The number of nitrogens with one attached hydrogen (secondary N) is 1. The van der Waals surface area contributed by atoms with Crippen LogP contribution in [0.1, 0.15) is 133 Å². The Morgan fingerprint density at radius 2 is 1.65 bits per heavy atom. The van der Waals surface area contributed by atoms with Gasteiger partial charge in [0, 0.05) is 19.1 Å². The van der Waals surface area contributed by atoms with Crippen LogP contribution in [0.3, 0.4) is 0 Å². The summed E-state index contributed by atoms with van der Waals surface area (Å²) >= 11 is 0. The first-order valence-corrected chi connectivity index (χ1v) is 23.8. The van der Waals surface area contributed by atoms with Crippen LogP contribution in [-0.4, -0.2) is 64.9 Å². The molecule has 5 saturated carbocycles. The van der Waals surface area contributed by atoms with E-state index in [4.69, 9.17) is 23.4 Å². The monoisotopic (exact) mass is 728 g/mol. The lowest BCUT2D eigenvalue weighted by molar-refractivity contribution is -0.242. The predicted octanol–water partition coefficient (Wildman–Crippen LogP) is 10.0. The second-order valence-corrected chi connectivity index (χ2v) is 24.5. The van der Waals surface area contributed by atoms with Crippen LogP contribution in [0, 0.1) is 50.7 Å². The molecule has 0 bridgehead atoms. The normalized spacial score (nSPS) is 47.5. The quantitative estimate of drug-likeness (QED) is 0.137. The van der Waals surface area contributed by atoms with Gasteiger partial charge in [0.25, 0.3) is 0 Å². The van der Waals surface area contributed by atoms with Gasteiger partial charge in [-0.05, 0) is 147 Å². The summed E-state index contributed by atoms with van der Waals surface area (Å²) in [5.41, 5.74) is 1.88. The van der Waals surface area contributed by atoms with Gasteiger partial charge in [0.1, 0.15) is 0 Å². The second-order valence-electron chi connectivity index (χ2n) is 19.7. The fourth-order valence-electron chi connectivity index (χ4n) is 14.8. The summed E-state index contributed by atoms with van der Waals surface area (Å²) in [6.45, 7) is 27.1. The van der Waals surface area contributed by atoms with Crippen molar-refractivity contribution in [2.45, 2.75) is 188 Å². The molecular weight excluding hydrogens is 655 g/mol. The summed E-state index contributed by atoms with van der Waals surface area (Å²) in [5.74, 6) is 2.14. The summed E-state index contributed by atoms with van der Waals surface area (Å²) in [7, 11) is -0.397. The number of alkyl carbamates (subject to hydrolysis) is 1. The minimum absolute atomic E-state index is 0.00373. The molecule has 7 rings (SSSR count). The largest absolute Gasteiger partial charge is 0.439 e. The smallest absolute Gasteiger partial charge is 0.407 e. The molecule has 14 atom stereocenters. The third kappa shape index (κ3) is 5.46. The van der Waals surface area contributed by atoms with Crippen LogP contribution in [0.5, 0.6) is 0 Å². The lowest BCUT2D eigenvalue weighted by Gasteiger charge is -2.64. The highest BCUT2D eigenvalue weighted by molar-refractivity contribution is 6.73. The molecule has 2 unspecified atom stereocenters. The fourth-order valence-corrected chi connectivity index (χ4v) is 17.8. The van der Waals surface area contributed by atoms with Gasteiger partial charge in [0.15, 0.2) is 20.7 Å². The molecule has 0 aromatic carbocycles. The summed E-state index contributed by atoms with van der Waals surface area (Å²) in [5, 5.41) is 2.66. The number of amides is 1. The predicted molar refractivity (Wildman–Crippen MR) is 205 cm³/mol. The first-order valence-electron chi connectivity index (χ1n) is 21.3. The SMILES string of the molecule is C=C(C)[C@@H](OC(=O)NC)[C@H]1C[C@@H](C)[C@H]2[C@H](O1)[C@H](O[Si](CC)(CC)CC)[C@@]1(C)[C@@H]3CC[C@H]4C(C)(C)C(O[C@H]5CCCCO5)CCC45C[C@@]35CC[C@]21C. The minimum atomic E-state index is -2.02. The van der Waals surface area contributed by atoms with E-state index in [1.54, 1.807) is 7.05 Å². The van der Waals surface area contributed by atoms with Gasteiger partial charge in [-0.25, -0.2) is 4.79 Å². The first-order chi connectivity index (χ1) is 24.1. The van der Waals surface area contributed by atoms with Gasteiger partial charge >= 0.3 is 6.09 Å². The Morgan fingerprint density at radius 1 is 0.961 bits per heavy atom. The van der Waals surface area contributed by atoms with Gasteiger partial charge in [-0.3, -0.25) is 0 Å². The zero-order valence-electron chi connectivity index (χ0n) is 34.0. The molecule has 5 aliphatic carbocycles. The minimum Gasteiger partial charge on any atom is -0.439 e. The summed E-state index contributed by atoms with van der Waals surface area (Å²) in [4.78, 5) is 12.6. The van der Waals surface area contributed by atoms with Crippen LogP contribution < -0.4 is 5.32 Å². The number of ether oxygens (including phenoxy) is 4. The maximum absolute atomic E-state index is 12.6. The lowest BCUT2D eigenvalue weighted by Crippen LogP contribution is -2.61. The molecule has 7 nitrogen and oxygen atoms in total. The Kier molecular flexibility index (Phi) is 10.1. The third-order valence-electron chi connectivity index (χ3n) is 17.8.